The van der Waals surface area contributed by atoms with E-state index in [9.17, 15) is 10.1 Å². The first-order chi connectivity index (χ1) is 13.6. The molecule has 0 N–H and O–H groups in total. The molecule has 0 atom stereocenters. The Morgan fingerprint density at radius 2 is 1.71 bits per heavy atom. The number of likely N-dealkylation sites (tertiary alicyclic amines) is 1. The Morgan fingerprint density at radius 3 is 2.32 bits per heavy atom. The van der Waals surface area contributed by atoms with Crippen LogP contribution in [0.3, 0.4) is 0 Å². The molecule has 2 saturated carbocycles. The van der Waals surface area contributed by atoms with Crippen molar-refractivity contribution in [3.8, 4) is 0 Å². The van der Waals surface area contributed by atoms with Crippen LogP contribution in [0.1, 0.15) is 68.9 Å². The van der Waals surface area contributed by atoms with Gasteiger partial charge in [-0.15, -0.1) is 0 Å². The van der Waals surface area contributed by atoms with E-state index in [1.54, 1.807) is 6.07 Å². The molecule has 0 amide bonds. The maximum Gasteiger partial charge on any atom is 0.272 e. The van der Waals surface area contributed by atoms with Crippen LogP contribution in [0.15, 0.2) is 18.2 Å². The Morgan fingerprint density at radius 1 is 1.04 bits per heavy atom. The van der Waals surface area contributed by atoms with Crippen LogP contribution in [0.2, 0.25) is 0 Å². The van der Waals surface area contributed by atoms with E-state index in [0.717, 1.165) is 49.5 Å². The highest BCUT2D eigenvalue weighted by Crippen LogP contribution is 2.33. The maximum atomic E-state index is 11.3. The van der Waals surface area contributed by atoms with Gasteiger partial charge in [-0.1, -0.05) is 11.6 Å². The fourth-order valence-corrected chi connectivity index (χ4v) is 5.21. The molecule has 0 bridgehead atoms. The van der Waals surface area contributed by atoms with E-state index >= 15 is 0 Å². The van der Waals surface area contributed by atoms with E-state index < -0.39 is 0 Å². The molecule has 4 rings (SSSR count). The lowest BCUT2D eigenvalue weighted by atomic mass is 9.86. The molecule has 1 heterocycles. The molecule has 0 spiro atoms. The summed E-state index contributed by atoms with van der Waals surface area (Å²) >= 11 is 0. The number of rotatable bonds is 6. The standard InChI is InChI=1S/C23H34N2O3/c1-17-5-10-23(25(26)27)19(15-17)16-18-11-13-24(14-12-18)20-6-8-22(9-7-20)28-21-3-2-4-21/h5,10,15,18,20-22H,2-4,6-9,11-14,16H2,1H3. The molecule has 28 heavy (non-hydrogen) atoms. The van der Waals surface area contributed by atoms with Crippen LogP contribution in [0, 0.1) is 23.0 Å². The number of benzene rings is 1. The van der Waals surface area contributed by atoms with Crippen molar-refractivity contribution < 1.29 is 9.66 Å². The minimum absolute atomic E-state index is 0.228. The first-order valence-electron chi connectivity index (χ1n) is 11.2. The van der Waals surface area contributed by atoms with Gasteiger partial charge in [0.1, 0.15) is 0 Å². The number of nitro groups is 1. The fourth-order valence-electron chi connectivity index (χ4n) is 5.21. The van der Waals surface area contributed by atoms with Crippen LogP contribution in [-0.2, 0) is 11.2 Å². The third-order valence-electron chi connectivity index (χ3n) is 7.19. The summed E-state index contributed by atoms with van der Waals surface area (Å²) in [5.41, 5.74) is 2.31. The van der Waals surface area contributed by atoms with Gasteiger partial charge in [-0.25, -0.2) is 0 Å². The van der Waals surface area contributed by atoms with Crippen molar-refractivity contribution in [3.63, 3.8) is 0 Å². The number of nitrogens with zero attached hydrogens (tertiary/aromatic N) is 2. The summed E-state index contributed by atoms with van der Waals surface area (Å²) in [4.78, 5) is 13.8. The monoisotopic (exact) mass is 386 g/mol. The van der Waals surface area contributed by atoms with Crippen molar-refractivity contribution >= 4 is 5.69 Å². The second-order valence-corrected chi connectivity index (χ2v) is 9.19. The van der Waals surface area contributed by atoms with Crippen molar-refractivity contribution in [1.29, 1.82) is 0 Å². The maximum absolute atomic E-state index is 11.3. The quantitative estimate of drug-likeness (QED) is 0.508. The zero-order valence-corrected chi connectivity index (χ0v) is 17.1. The molecule has 1 aromatic rings. The van der Waals surface area contributed by atoms with Crippen LogP contribution < -0.4 is 0 Å². The van der Waals surface area contributed by atoms with Gasteiger partial charge in [0.25, 0.3) is 5.69 Å². The normalized spacial score (nSPS) is 27.5. The number of hydrogen-bond donors (Lipinski definition) is 0. The molecule has 5 nitrogen and oxygen atoms in total. The van der Waals surface area contributed by atoms with Gasteiger partial charge in [-0.2, -0.15) is 0 Å². The minimum atomic E-state index is -0.228. The Bertz CT molecular complexity index is 672. The molecule has 5 heteroatoms. The summed E-state index contributed by atoms with van der Waals surface area (Å²) in [5, 5.41) is 11.3. The smallest absolute Gasteiger partial charge is 0.272 e. The summed E-state index contributed by atoms with van der Waals surface area (Å²) < 4.78 is 6.21. The summed E-state index contributed by atoms with van der Waals surface area (Å²) in [6.07, 6.45) is 13.1. The summed E-state index contributed by atoms with van der Waals surface area (Å²) in [6, 6.07) is 6.24. The molecule has 3 fully saturated rings. The van der Waals surface area contributed by atoms with Crippen molar-refractivity contribution in [2.45, 2.75) is 89.4 Å². The number of ether oxygens (including phenoxy) is 1. The molecular weight excluding hydrogens is 352 g/mol. The predicted octanol–water partition coefficient (Wildman–Crippen LogP) is 5.04. The van der Waals surface area contributed by atoms with Crippen LogP contribution >= 0.6 is 0 Å². The third kappa shape index (κ3) is 4.74. The predicted molar refractivity (Wildman–Crippen MR) is 111 cm³/mol. The molecule has 0 radical (unpaired) electrons. The van der Waals surface area contributed by atoms with E-state index in [1.807, 2.05) is 19.1 Å². The van der Waals surface area contributed by atoms with E-state index in [0.29, 0.717) is 18.1 Å². The molecule has 154 valence electrons. The summed E-state index contributed by atoms with van der Waals surface area (Å²) in [5.74, 6) is 0.565. The van der Waals surface area contributed by atoms with Crippen molar-refractivity contribution in [3.05, 3.63) is 39.4 Å². The van der Waals surface area contributed by atoms with E-state index in [1.165, 1.54) is 44.9 Å². The molecule has 1 aromatic carbocycles. The van der Waals surface area contributed by atoms with E-state index in [2.05, 4.69) is 4.90 Å². The first kappa shape index (κ1) is 19.8. The van der Waals surface area contributed by atoms with E-state index in [-0.39, 0.29) is 10.6 Å². The summed E-state index contributed by atoms with van der Waals surface area (Å²) in [6.45, 7) is 4.30. The molecular formula is C23H34N2O3. The SMILES string of the molecule is Cc1ccc([N+](=O)[O-])c(CC2CCN(C3CCC(OC4CCC4)CC3)CC2)c1. The number of piperidine rings is 1. The highest BCUT2D eigenvalue weighted by Gasteiger charge is 2.31. The molecule has 0 aromatic heterocycles. The van der Waals surface area contributed by atoms with Gasteiger partial charge in [0.05, 0.1) is 17.1 Å². The molecule has 1 saturated heterocycles. The largest absolute Gasteiger partial charge is 0.375 e. The van der Waals surface area contributed by atoms with Crippen molar-refractivity contribution in [1.82, 2.24) is 4.90 Å². The van der Waals surface area contributed by atoms with Crippen molar-refractivity contribution in [2.75, 3.05) is 13.1 Å². The average molecular weight is 387 g/mol. The Hall–Kier alpha value is -1.46. The minimum Gasteiger partial charge on any atom is -0.375 e. The van der Waals surface area contributed by atoms with Gasteiger partial charge in [0, 0.05) is 17.7 Å². The highest BCUT2D eigenvalue weighted by atomic mass is 16.6. The van der Waals surface area contributed by atoms with Crippen LogP contribution in [0.25, 0.3) is 0 Å². The number of nitro benzene ring substituents is 1. The number of hydrogen-bond acceptors (Lipinski definition) is 4. The lowest BCUT2D eigenvalue weighted by Gasteiger charge is -2.42. The van der Waals surface area contributed by atoms with Gasteiger partial charge < -0.3 is 9.64 Å². The number of aryl methyl sites for hydroxylation is 1. The Kier molecular flexibility index (Phi) is 6.32. The van der Waals surface area contributed by atoms with Crippen LogP contribution in [-0.4, -0.2) is 41.2 Å². The topological polar surface area (TPSA) is 55.6 Å². The highest BCUT2D eigenvalue weighted by molar-refractivity contribution is 5.42. The molecule has 1 aliphatic heterocycles. The van der Waals surface area contributed by atoms with Crippen molar-refractivity contribution in [2.24, 2.45) is 5.92 Å². The Balaban J connectivity index is 1.24. The fraction of sp³-hybridized carbons (Fsp3) is 0.739. The van der Waals surface area contributed by atoms with Crippen LogP contribution in [0.5, 0.6) is 0 Å². The molecule has 3 aliphatic rings. The molecule has 0 unspecified atom stereocenters. The summed E-state index contributed by atoms with van der Waals surface area (Å²) in [7, 11) is 0. The first-order valence-corrected chi connectivity index (χ1v) is 11.2. The lowest BCUT2D eigenvalue weighted by molar-refractivity contribution is -0.385. The molecule has 2 aliphatic carbocycles. The average Bonchev–Trinajstić information content (AvgIpc) is 2.66. The van der Waals surface area contributed by atoms with Gasteiger partial charge in [-0.05, 0) is 96.2 Å². The lowest BCUT2D eigenvalue weighted by Crippen LogP contribution is -2.44. The third-order valence-corrected chi connectivity index (χ3v) is 7.19. The van der Waals surface area contributed by atoms with Gasteiger partial charge >= 0.3 is 0 Å². The zero-order chi connectivity index (χ0) is 19.5. The van der Waals surface area contributed by atoms with Gasteiger partial charge in [-0.3, -0.25) is 10.1 Å². The zero-order valence-electron chi connectivity index (χ0n) is 17.1. The Labute approximate surface area is 168 Å². The second kappa shape index (κ2) is 8.91. The van der Waals surface area contributed by atoms with Crippen LogP contribution in [0.4, 0.5) is 5.69 Å². The second-order valence-electron chi connectivity index (χ2n) is 9.19. The van der Waals surface area contributed by atoms with Gasteiger partial charge in [0.15, 0.2) is 0 Å². The van der Waals surface area contributed by atoms with E-state index in [4.69, 9.17) is 4.74 Å². The van der Waals surface area contributed by atoms with Gasteiger partial charge in [0.2, 0.25) is 0 Å².